The Labute approximate surface area is 121 Å². The second-order valence-corrected chi connectivity index (χ2v) is 4.74. The highest BCUT2D eigenvalue weighted by molar-refractivity contribution is 5.76. The molecule has 0 aliphatic heterocycles. The first kappa shape index (κ1) is 11.8. The Morgan fingerprint density at radius 2 is 1.62 bits per heavy atom. The summed E-state index contributed by atoms with van der Waals surface area (Å²) in [5.41, 5.74) is 4.77. The first-order valence-corrected chi connectivity index (χ1v) is 6.72. The molecule has 0 spiro atoms. The number of benzene rings is 2. The third-order valence-electron chi connectivity index (χ3n) is 3.38. The molecule has 4 aromatic rings. The van der Waals surface area contributed by atoms with E-state index in [0.29, 0.717) is 0 Å². The lowest BCUT2D eigenvalue weighted by atomic mass is 10.1. The molecular weight excluding hydrogens is 260 g/mol. The highest BCUT2D eigenvalue weighted by Crippen LogP contribution is 2.20. The molecule has 0 saturated heterocycles. The van der Waals surface area contributed by atoms with Crippen molar-refractivity contribution in [3.05, 3.63) is 73.2 Å². The van der Waals surface area contributed by atoms with Crippen LogP contribution < -0.4 is 0 Å². The van der Waals surface area contributed by atoms with E-state index in [9.17, 15) is 0 Å². The molecule has 21 heavy (non-hydrogen) atoms. The van der Waals surface area contributed by atoms with Crippen molar-refractivity contribution >= 4 is 11.0 Å². The molecule has 0 aliphatic carbocycles. The lowest BCUT2D eigenvalue weighted by Crippen LogP contribution is -1.94. The number of fused-ring (bicyclic) bond motifs is 1. The van der Waals surface area contributed by atoms with Gasteiger partial charge in [-0.3, -0.25) is 4.98 Å². The first-order valence-electron chi connectivity index (χ1n) is 6.72. The van der Waals surface area contributed by atoms with Gasteiger partial charge in [0, 0.05) is 18.0 Å². The SMILES string of the molecule is c1ccc2nc(-c3ccc(-n4cccn4)cc3)cnc2c1. The van der Waals surface area contributed by atoms with E-state index in [2.05, 4.69) is 15.1 Å². The van der Waals surface area contributed by atoms with Gasteiger partial charge < -0.3 is 0 Å². The summed E-state index contributed by atoms with van der Waals surface area (Å²) in [6, 6.07) is 17.9. The summed E-state index contributed by atoms with van der Waals surface area (Å²) in [4.78, 5) is 9.10. The maximum absolute atomic E-state index is 4.65. The third kappa shape index (κ3) is 2.17. The average molecular weight is 272 g/mol. The second kappa shape index (κ2) is 4.83. The molecule has 0 amide bonds. The van der Waals surface area contributed by atoms with Crippen molar-refractivity contribution in [2.45, 2.75) is 0 Å². The maximum atomic E-state index is 4.65. The number of para-hydroxylation sites is 2. The lowest BCUT2D eigenvalue weighted by Gasteiger charge is -2.05. The normalized spacial score (nSPS) is 10.9. The van der Waals surface area contributed by atoms with Gasteiger partial charge in [-0.25, -0.2) is 9.67 Å². The van der Waals surface area contributed by atoms with E-state index in [1.54, 1.807) is 6.20 Å². The molecule has 4 nitrogen and oxygen atoms in total. The van der Waals surface area contributed by atoms with Gasteiger partial charge in [0.25, 0.3) is 0 Å². The Morgan fingerprint density at radius 3 is 2.38 bits per heavy atom. The molecule has 0 atom stereocenters. The van der Waals surface area contributed by atoms with Crippen molar-refractivity contribution in [3.63, 3.8) is 0 Å². The van der Waals surface area contributed by atoms with Gasteiger partial charge in [-0.2, -0.15) is 5.10 Å². The molecule has 0 N–H and O–H groups in total. The van der Waals surface area contributed by atoms with E-state index in [0.717, 1.165) is 28.0 Å². The maximum Gasteiger partial charge on any atom is 0.0894 e. The number of hydrogen-bond acceptors (Lipinski definition) is 3. The quantitative estimate of drug-likeness (QED) is 0.561. The van der Waals surface area contributed by atoms with E-state index < -0.39 is 0 Å². The molecule has 4 rings (SSSR count). The van der Waals surface area contributed by atoms with E-state index >= 15 is 0 Å². The summed E-state index contributed by atoms with van der Waals surface area (Å²) in [5, 5.41) is 4.22. The predicted octanol–water partition coefficient (Wildman–Crippen LogP) is 3.48. The zero-order chi connectivity index (χ0) is 14.1. The van der Waals surface area contributed by atoms with Crippen molar-refractivity contribution < 1.29 is 0 Å². The molecular formula is C17H12N4. The number of rotatable bonds is 2. The molecule has 4 heteroatoms. The van der Waals surface area contributed by atoms with Crippen molar-refractivity contribution in [1.82, 2.24) is 19.7 Å². The summed E-state index contributed by atoms with van der Waals surface area (Å²) in [6.07, 6.45) is 5.50. The fraction of sp³-hybridized carbons (Fsp3) is 0. The largest absolute Gasteiger partial charge is 0.252 e. The molecule has 100 valence electrons. The van der Waals surface area contributed by atoms with E-state index in [1.165, 1.54) is 0 Å². The highest BCUT2D eigenvalue weighted by Gasteiger charge is 2.03. The molecule has 2 aromatic heterocycles. The van der Waals surface area contributed by atoms with Crippen LogP contribution in [0.1, 0.15) is 0 Å². The molecule has 0 saturated carbocycles. The van der Waals surface area contributed by atoms with E-state index in [1.807, 2.05) is 71.7 Å². The van der Waals surface area contributed by atoms with Crippen molar-refractivity contribution in [1.29, 1.82) is 0 Å². The van der Waals surface area contributed by atoms with Gasteiger partial charge in [-0.1, -0.05) is 24.3 Å². The van der Waals surface area contributed by atoms with Gasteiger partial charge in [0.2, 0.25) is 0 Å². The Morgan fingerprint density at radius 1 is 0.810 bits per heavy atom. The van der Waals surface area contributed by atoms with Gasteiger partial charge in [-0.15, -0.1) is 0 Å². The van der Waals surface area contributed by atoms with Crippen LogP contribution >= 0.6 is 0 Å². The third-order valence-corrected chi connectivity index (χ3v) is 3.38. The molecule has 2 heterocycles. The van der Waals surface area contributed by atoms with Crippen LogP contribution in [0.25, 0.3) is 28.0 Å². The van der Waals surface area contributed by atoms with Gasteiger partial charge in [0.1, 0.15) is 0 Å². The molecule has 0 aliphatic rings. The highest BCUT2D eigenvalue weighted by atomic mass is 15.3. The first-order chi connectivity index (χ1) is 10.4. The lowest BCUT2D eigenvalue weighted by molar-refractivity contribution is 0.881. The predicted molar refractivity (Wildman–Crippen MR) is 82.1 cm³/mol. The van der Waals surface area contributed by atoms with Crippen LogP contribution in [-0.2, 0) is 0 Å². The minimum atomic E-state index is 0.876. The van der Waals surface area contributed by atoms with Crippen LogP contribution in [0, 0.1) is 0 Å². The Kier molecular flexibility index (Phi) is 2.71. The fourth-order valence-electron chi connectivity index (χ4n) is 2.30. The molecule has 0 fully saturated rings. The van der Waals surface area contributed by atoms with Crippen molar-refractivity contribution in [2.75, 3.05) is 0 Å². The zero-order valence-electron chi connectivity index (χ0n) is 11.2. The Balaban J connectivity index is 1.74. The Hall–Kier alpha value is -3.01. The summed E-state index contributed by atoms with van der Waals surface area (Å²) in [7, 11) is 0. The second-order valence-electron chi connectivity index (χ2n) is 4.74. The van der Waals surface area contributed by atoms with Crippen LogP contribution in [0.4, 0.5) is 0 Å². The minimum absolute atomic E-state index is 0.876. The van der Waals surface area contributed by atoms with Gasteiger partial charge in [0.05, 0.1) is 28.6 Å². The van der Waals surface area contributed by atoms with Crippen LogP contribution in [0.2, 0.25) is 0 Å². The minimum Gasteiger partial charge on any atom is -0.252 e. The molecule has 0 bridgehead atoms. The summed E-state index contributed by atoms with van der Waals surface area (Å²) >= 11 is 0. The van der Waals surface area contributed by atoms with E-state index in [4.69, 9.17) is 0 Å². The zero-order valence-corrected chi connectivity index (χ0v) is 11.2. The van der Waals surface area contributed by atoms with Crippen LogP contribution in [-0.4, -0.2) is 19.7 Å². The average Bonchev–Trinajstić information content (AvgIpc) is 3.09. The summed E-state index contributed by atoms with van der Waals surface area (Å²) in [6.45, 7) is 0. The standard InChI is InChI=1S/C17H12N4/c1-2-5-16-15(4-1)18-12-17(20-16)13-6-8-14(9-7-13)21-11-3-10-19-21/h1-12H. The Bertz CT molecular complexity index is 880. The summed E-state index contributed by atoms with van der Waals surface area (Å²) in [5.74, 6) is 0. The monoisotopic (exact) mass is 272 g/mol. The van der Waals surface area contributed by atoms with Crippen LogP contribution in [0.5, 0.6) is 0 Å². The molecule has 2 aromatic carbocycles. The number of hydrogen-bond donors (Lipinski definition) is 0. The summed E-state index contributed by atoms with van der Waals surface area (Å²) < 4.78 is 1.83. The van der Waals surface area contributed by atoms with Gasteiger partial charge >= 0.3 is 0 Å². The van der Waals surface area contributed by atoms with E-state index in [-0.39, 0.29) is 0 Å². The van der Waals surface area contributed by atoms with Gasteiger partial charge in [0.15, 0.2) is 0 Å². The topological polar surface area (TPSA) is 43.6 Å². The van der Waals surface area contributed by atoms with Crippen LogP contribution in [0.3, 0.4) is 0 Å². The van der Waals surface area contributed by atoms with Crippen LogP contribution in [0.15, 0.2) is 73.2 Å². The smallest absolute Gasteiger partial charge is 0.0894 e. The number of nitrogens with zero attached hydrogens (tertiary/aromatic N) is 4. The van der Waals surface area contributed by atoms with Crippen molar-refractivity contribution in [3.8, 4) is 16.9 Å². The molecule has 0 radical (unpaired) electrons. The number of aromatic nitrogens is 4. The fourth-order valence-corrected chi connectivity index (χ4v) is 2.30. The van der Waals surface area contributed by atoms with Gasteiger partial charge in [-0.05, 0) is 30.3 Å². The van der Waals surface area contributed by atoms with Crippen molar-refractivity contribution in [2.24, 2.45) is 0 Å². The molecule has 0 unspecified atom stereocenters.